The first-order chi connectivity index (χ1) is 11.6. The van der Waals surface area contributed by atoms with E-state index in [1.54, 1.807) is 36.5 Å². The molecule has 5 nitrogen and oxygen atoms in total. The number of hydrogen-bond acceptors (Lipinski definition) is 4. The SMILES string of the molecule is CC1CC(CN)CN1C(=O)c1cccnc1Nc1ccccc1F.Cl.Cl. The zero-order chi connectivity index (χ0) is 17.1. The molecule has 3 N–H and O–H groups in total. The molecule has 1 aromatic heterocycles. The molecule has 142 valence electrons. The number of nitrogens with one attached hydrogen (secondary N) is 1. The van der Waals surface area contributed by atoms with E-state index in [9.17, 15) is 9.18 Å². The minimum absolute atomic E-state index is 0. The lowest BCUT2D eigenvalue weighted by molar-refractivity contribution is 0.0744. The van der Waals surface area contributed by atoms with Gasteiger partial charge in [-0.1, -0.05) is 12.1 Å². The number of carbonyl (C=O) groups is 1. The molecule has 1 aliphatic heterocycles. The molecule has 0 spiro atoms. The highest BCUT2D eigenvalue weighted by atomic mass is 35.5. The van der Waals surface area contributed by atoms with Gasteiger partial charge in [0.05, 0.1) is 11.3 Å². The van der Waals surface area contributed by atoms with Crippen molar-refractivity contribution in [3.05, 3.63) is 54.0 Å². The van der Waals surface area contributed by atoms with Gasteiger partial charge in [0.25, 0.3) is 5.91 Å². The van der Waals surface area contributed by atoms with E-state index in [4.69, 9.17) is 5.73 Å². The Morgan fingerprint density at radius 1 is 1.31 bits per heavy atom. The molecule has 2 unspecified atom stereocenters. The predicted octanol–water partition coefficient (Wildman–Crippen LogP) is 3.62. The van der Waals surface area contributed by atoms with Gasteiger partial charge < -0.3 is 16.0 Å². The van der Waals surface area contributed by atoms with Crippen molar-refractivity contribution in [2.24, 2.45) is 11.7 Å². The van der Waals surface area contributed by atoms with Gasteiger partial charge in [-0.15, -0.1) is 24.8 Å². The normalized spacial score (nSPS) is 18.7. The topological polar surface area (TPSA) is 71.2 Å². The predicted molar refractivity (Wildman–Crippen MR) is 106 cm³/mol. The van der Waals surface area contributed by atoms with Crippen molar-refractivity contribution in [1.29, 1.82) is 0 Å². The third-order valence-corrected chi connectivity index (χ3v) is 4.42. The lowest BCUT2D eigenvalue weighted by atomic mass is 10.1. The molecule has 0 saturated carbocycles. The molecule has 2 aromatic rings. The van der Waals surface area contributed by atoms with Crippen molar-refractivity contribution in [3.8, 4) is 0 Å². The Kier molecular flexibility index (Phi) is 8.27. The molecular weight excluding hydrogens is 378 g/mol. The summed E-state index contributed by atoms with van der Waals surface area (Å²) in [6, 6.07) is 9.87. The highest BCUT2D eigenvalue weighted by molar-refractivity contribution is 5.99. The molecule has 0 bridgehead atoms. The third-order valence-electron chi connectivity index (χ3n) is 4.42. The van der Waals surface area contributed by atoms with Crippen molar-refractivity contribution in [2.45, 2.75) is 19.4 Å². The van der Waals surface area contributed by atoms with Crippen LogP contribution in [0.2, 0.25) is 0 Å². The Labute approximate surface area is 165 Å². The third kappa shape index (κ3) is 4.63. The zero-order valence-electron chi connectivity index (χ0n) is 14.4. The molecule has 8 heteroatoms. The van der Waals surface area contributed by atoms with Crippen molar-refractivity contribution in [3.63, 3.8) is 0 Å². The number of amides is 1. The summed E-state index contributed by atoms with van der Waals surface area (Å²) in [5.41, 5.74) is 6.47. The summed E-state index contributed by atoms with van der Waals surface area (Å²) in [4.78, 5) is 19.0. The van der Waals surface area contributed by atoms with Gasteiger partial charge in [0.15, 0.2) is 0 Å². The molecule has 1 amide bonds. The van der Waals surface area contributed by atoms with Crippen LogP contribution < -0.4 is 11.1 Å². The van der Waals surface area contributed by atoms with Gasteiger partial charge in [-0.25, -0.2) is 9.37 Å². The summed E-state index contributed by atoms with van der Waals surface area (Å²) in [6.07, 6.45) is 2.48. The molecule has 0 radical (unpaired) electrons. The molecule has 2 heterocycles. The van der Waals surface area contributed by atoms with E-state index in [1.165, 1.54) is 6.07 Å². The summed E-state index contributed by atoms with van der Waals surface area (Å²) < 4.78 is 13.9. The first-order valence-electron chi connectivity index (χ1n) is 8.07. The molecule has 1 aromatic carbocycles. The van der Waals surface area contributed by atoms with Crippen LogP contribution in [0.1, 0.15) is 23.7 Å². The Hall–Kier alpha value is -1.89. The number of halogens is 3. The van der Waals surface area contributed by atoms with Gasteiger partial charge in [-0.2, -0.15) is 0 Å². The highest BCUT2D eigenvalue weighted by Crippen LogP contribution is 2.27. The van der Waals surface area contributed by atoms with Crippen LogP contribution in [0.15, 0.2) is 42.6 Å². The fourth-order valence-corrected chi connectivity index (χ4v) is 3.12. The number of rotatable bonds is 4. The molecule has 3 rings (SSSR count). The van der Waals surface area contributed by atoms with Crippen molar-refractivity contribution < 1.29 is 9.18 Å². The lowest BCUT2D eigenvalue weighted by Crippen LogP contribution is -2.35. The van der Waals surface area contributed by atoms with Gasteiger partial charge in [-0.05, 0) is 50.1 Å². The van der Waals surface area contributed by atoms with Crippen LogP contribution in [0.5, 0.6) is 0 Å². The fourth-order valence-electron chi connectivity index (χ4n) is 3.12. The van der Waals surface area contributed by atoms with Crippen molar-refractivity contribution in [1.82, 2.24) is 9.88 Å². The molecule has 2 atom stereocenters. The van der Waals surface area contributed by atoms with Crippen molar-refractivity contribution in [2.75, 3.05) is 18.4 Å². The summed E-state index contributed by atoms with van der Waals surface area (Å²) >= 11 is 0. The van der Waals surface area contributed by atoms with Crippen molar-refractivity contribution >= 4 is 42.2 Å². The van der Waals surface area contributed by atoms with Crippen LogP contribution in [0.4, 0.5) is 15.9 Å². The number of pyridine rings is 1. The first kappa shape index (κ1) is 22.2. The average Bonchev–Trinajstić information content (AvgIpc) is 2.98. The van der Waals surface area contributed by atoms with Crippen LogP contribution in [0, 0.1) is 11.7 Å². The van der Waals surface area contributed by atoms with Crippen LogP contribution in [-0.4, -0.2) is 34.9 Å². The smallest absolute Gasteiger partial charge is 0.257 e. The number of hydrogen-bond donors (Lipinski definition) is 2. The number of benzene rings is 1. The Morgan fingerprint density at radius 3 is 2.69 bits per heavy atom. The summed E-state index contributed by atoms with van der Waals surface area (Å²) in [7, 11) is 0. The number of nitrogens with two attached hydrogens (primary N) is 1. The number of carbonyl (C=O) groups excluding carboxylic acids is 1. The number of anilines is 2. The van der Waals surface area contributed by atoms with E-state index in [2.05, 4.69) is 10.3 Å². The molecule has 26 heavy (non-hydrogen) atoms. The monoisotopic (exact) mass is 400 g/mol. The highest BCUT2D eigenvalue weighted by Gasteiger charge is 2.33. The van der Waals surface area contributed by atoms with Crippen LogP contribution in [0.25, 0.3) is 0 Å². The first-order valence-corrected chi connectivity index (χ1v) is 8.07. The number of para-hydroxylation sites is 1. The molecule has 1 saturated heterocycles. The molecular formula is C18H23Cl2FN4O. The summed E-state index contributed by atoms with van der Waals surface area (Å²) in [5, 5.41) is 2.93. The van der Waals surface area contributed by atoms with Crippen LogP contribution >= 0.6 is 24.8 Å². The van der Waals surface area contributed by atoms with Gasteiger partial charge in [0.2, 0.25) is 0 Å². The van der Waals surface area contributed by atoms with Gasteiger partial charge >= 0.3 is 0 Å². The van der Waals surface area contributed by atoms with Gasteiger partial charge in [0, 0.05) is 18.8 Å². The summed E-state index contributed by atoms with van der Waals surface area (Å²) in [5.74, 6) is 0.185. The maximum absolute atomic E-state index is 13.9. The van der Waals surface area contributed by atoms with E-state index in [-0.39, 0.29) is 42.6 Å². The number of nitrogens with zero attached hydrogens (tertiary/aromatic N) is 2. The summed E-state index contributed by atoms with van der Waals surface area (Å²) in [6.45, 7) is 3.24. The Balaban J connectivity index is 0.00000169. The number of aromatic nitrogens is 1. The maximum atomic E-state index is 13.9. The minimum atomic E-state index is -0.390. The molecule has 0 aliphatic carbocycles. The Morgan fingerprint density at radius 2 is 2.04 bits per heavy atom. The largest absolute Gasteiger partial charge is 0.337 e. The quantitative estimate of drug-likeness (QED) is 0.821. The van der Waals surface area contributed by atoms with E-state index in [1.807, 2.05) is 11.8 Å². The second-order valence-electron chi connectivity index (χ2n) is 6.15. The van der Waals surface area contributed by atoms with E-state index in [0.717, 1.165) is 6.42 Å². The lowest BCUT2D eigenvalue weighted by Gasteiger charge is -2.22. The van der Waals surface area contributed by atoms with E-state index in [0.29, 0.717) is 36.1 Å². The standard InChI is InChI=1S/C18H21FN4O.2ClH/c1-12-9-13(10-20)11-23(12)18(24)14-5-4-8-21-17(14)22-16-7-3-2-6-15(16)19;;/h2-8,12-13H,9-11,20H2,1H3,(H,21,22);2*1H. The zero-order valence-corrected chi connectivity index (χ0v) is 16.0. The molecule has 1 aliphatic rings. The van der Waals surface area contributed by atoms with Crippen LogP contribution in [-0.2, 0) is 0 Å². The minimum Gasteiger partial charge on any atom is -0.337 e. The fraction of sp³-hybridized carbons (Fsp3) is 0.333. The second kappa shape index (κ2) is 9.71. The maximum Gasteiger partial charge on any atom is 0.257 e. The molecule has 1 fully saturated rings. The van der Waals surface area contributed by atoms with E-state index < -0.39 is 0 Å². The van der Waals surface area contributed by atoms with Gasteiger partial charge in [0.1, 0.15) is 11.6 Å². The van der Waals surface area contributed by atoms with Crippen LogP contribution in [0.3, 0.4) is 0 Å². The van der Waals surface area contributed by atoms with Gasteiger partial charge in [-0.3, -0.25) is 4.79 Å². The number of likely N-dealkylation sites (tertiary alicyclic amines) is 1. The van der Waals surface area contributed by atoms with E-state index >= 15 is 0 Å². The average molecular weight is 401 g/mol. The second-order valence-corrected chi connectivity index (χ2v) is 6.15. The Bertz CT molecular complexity index is 747.